The molecule has 2 rings (SSSR count). The van der Waals surface area contributed by atoms with Gasteiger partial charge in [-0.15, -0.1) is 0 Å². The quantitative estimate of drug-likeness (QED) is 0.270. The molecule has 0 fully saturated rings. The monoisotopic (exact) mass is 510 g/mol. The van der Waals surface area contributed by atoms with Gasteiger partial charge in [0.25, 0.3) is 5.91 Å². The third-order valence-electron chi connectivity index (χ3n) is 4.09. The average molecular weight is 512 g/mol. The van der Waals surface area contributed by atoms with Crippen LogP contribution in [0.5, 0.6) is 5.75 Å². The van der Waals surface area contributed by atoms with Crippen LogP contribution in [0.4, 0.5) is 0 Å². The van der Waals surface area contributed by atoms with E-state index in [0.717, 1.165) is 12.8 Å². The van der Waals surface area contributed by atoms with E-state index in [-0.39, 0.29) is 25.4 Å². The largest absolute Gasteiger partial charge is 0.483 e. The van der Waals surface area contributed by atoms with Crippen LogP contribution in [-0.2, 0) is 25.5 Å². The van der Waals surface area contributed by atoms with E-state index in [4.69, 9.17) is 21.1 Å². The Morgan fingerprint density at radius 1 is 0.935 bits per heavy atom. The summed E-state index contributed by atoms with van der Waals surface area (Å²) in [6.07, 6.45) is 2.14. The molecule has 31 heavy (non-hydrogen) atoms. The van der Waals surface area contributed by atoms with Gasteiger partial charge in [0.2, 0.25) is 5.91 Å². The SMILES string of the molecule is O=C(CCCC(=O)OCCCc1ccccc1)NNC(=O)COc1ccc(Cl)cc1Br. The highest BCUT2D eigenvalue weighted by Crippen LogP contribution is 2.27. The molecule has 0 spiro atoms. The fourth-order valence-electron chi connectivity index (χ4n) is 2.55. The summed E-state index contributed by atoms with van der Waals surface area (Å²) in [5.41, 5.74) is 5.74. The standard InChI is InChI=1S/C22H24BrClN2O5/c23-18-14-17(24)11-12-19(18)31-15-21(28)26-25-20(27)9-4-10-22(29)30-13-5-8-16-6-2-1-3-7-16/h1-3,6-7,11-12,14H,4-5,8-10,13,15H2,(H,25,27)(H,26,28). The minimum Gasteiger partial charge on any atom is -0.483 e. The Bertz CT molecular complexity index is 879. The molecule has 9 heteroatoms. The molecule has 166 valence electrons. The van der Waals surface area contributed by atoms with Crippen molar-refractivity contribution in [2.24, 2.45) is 0 Å². The summed E-state index contributed by atoms with van der Waals surface area (Å²) in [6, 6.07) is 14.9. The van der Waals surface area contributed by atoms with Crippen LogP contribution in [0, 0.1) is 0 Å². The molecule has 2 amide bonds. The van der Waals surface area contributed by atoms with Crippen molar-refractivity contribution in [1.29, 1.82) is 0 Å². The first kappa shape index (κ1) is 24.7. The van der Waals surface area contributed by atoms with Crippen molar-refractivity contribution in [3.63, 3.8) is 0 Å². The highest BCUT2D eigenvalue weighted by Gasteiger charge is 2.09. The van der Waals surface area contributed by atoms with Crippen molar-refractivity contribution in [3.05, 3.63) is 63.6 Å². The fourth-order valence-corrected chi connectivity index (χ4v) is 3.34. The Balaban J connectivity index is 1.51. The molecule has 0 saturated heterocycles. The van der Waals surface area contributed by atoms with Crippen molar-refractivity contribution >= 4 is 45.3 Å². The lowest BCUT2D eigenvalue weighted by Gasteiger charge is -2.10. The Morgan fingerprint density at radius 3 is 2.42 bits per heavy atom. The minimum absolute atomic E-state index is 0.0863. The zero-order chi connectivity index (χ0) is 22.5. The van der Waals surface area contributed by atoms with Gasteiger partial charge in [0.1, 0.15) is 5.75 Å². The zero-order valence-corrected chi connectivity index (χ0v) is 19.2. The maximum Gasteiger partial charge on any atom is 0.305 e. The summed E-state index contributed by atoms with van der Waals surface area (Å²) in [5, 5.41) is 0.534. The number of nitrogens with one attached hydrogen (secondary N) is 2. The number of ether oxygens (including phenoxy) is 2. The first-order chi connectivity index (χ1) is 14.9. The number of esters is 1. The Hall–Kier alpha value is -2.58. The summed E-state index contributed by atoms with van der Waals surface area (Å²) in [6.45, 7) is 0.0650. The van der Waals surface area contributed by atoms with Crippen molar-refractivity contribution in [1.82, 2.24) is 10.9 Å². The normalized spacial score (nSPS) is 10.3. The number of hydrogen-bond acceptors (Lipinski definition) is 5. The van der Waals surface area contributed by atoms with Gasteiger partial charge < -0.3 is 9.47 Å². The Morgan fingerprint density at radius 2 is 1.68 bits per heavy atom. The molecule has 0 aliphatic heterocycles. The van der Waals surface area contributed by atoms with E-state index in [1.807, 2.05) is 30.3 Å². The molecule has 0 unspecified atom stereocenters. The van der Waals surface area contributed by atoms with Crippen LogP contribution in [0.3, 0.4) is 0 Å². The molecule has 2 aromatic carbocycles. The second-order valence-electron chi connectivity index (χ2n) is 6.62. The maximum atomic E-state index is 11.8. The number of hydrogen-bond donors (Lipinski definition) is 2. The molecule has 2 aromatic rings. The van der Waals surface area contributed by atoms with Gasteiger partial charge in [0.05, 0.1) is 11.1 Å². The first-order valence-corrected chi connectivity index (χ1v) is 11.0. The topological polar surface area (TPSA) is 93.7 Å². The van der Waals surface area contributed by atoms with Gasteiger partial charge in [0, 0.05) is 17.9 Å². The molecule has 0 heterocycles. The summed E-state index contributed by atoms with van der Waals surface area (Å²) < 4.78 is 11.1. The number of carbonyl (C=O) groups is 3. The Kier molecular flexibility index (Phi) is 10.9. The smallest absolute Gasteiger partial charge is 0.305 e. The molecule has 0 bridgehead atoms. The molecule has 0 aromatic heterocycles. The van der Waals surface area contributed by atoms with Crippen molar-refractivity contribution in [2.45, 2.75) is 32.1 Å². The molecular weight excluding hydrogens is 488 g/mol. The summed E-state index contributed by atoms with van der Waals surface area (Å²) in [4.78, 5) is 35.3. The molecule has 0 aliphatic rings. The fraction of sp³-hybridized carbons (Fsp3) is 0.318. The molecule has 0 atom stereocenters. The minimum atomic E-state index is -0.520. The van der Waals surface area contributed by atoms with Gasteiger partial charge in [-0.2, -0.15) is 0 Å². The van der Waals surface area contributed by atoms with Crippen molar-refractivity contribution < 1.29 is 23.9 Å². The van der Waals surface area contributed by atoms with E-state index >= 15 is 0 Å². The number of benzene rings is 2. The third kappa shape index (κ3) is 10.3. The van der Waals surface area contributed by atoms with Gasteiger partial charge in [-0.1, -0.05) is 41.9 Å². The van der Waals surface area contributed by atoms with Gasteiger partial charge in [0.15, 0.2) is 6.61 Å². The van der Waals surface area contributed by atoms with E-state index in [0.29, 0.717) is 28.3 Å². The van der Waals surface area contributed by atoms with Gasteiger partial charge in [-0.3, -0.25) is 25.2 Å². The highest BCUT2D eigenvalue weighted by atomic mass is 79.9. The van der Waals surface area contributed by atoms with Crippen LogP contribution in [-0.4, -0.2) is 31.0 Å². The zero-order valence-electron chi connectivity index (χ0n) is 16.9. The lowest BCUT2D eigenvalue weighted by Crippen LogP contribution is -2.43. The van der Waals surface area contributed by atoms with Crippen LogP contribution in [0.15, 0.2) is 53.0 Å². The summed E-state index contributed by atoms with van der Waals surface area (Å²) in [7, 11) is 0. The van der Waals surface area contributed by atoms with Crippen LogP contribution < -0.4 is 15.6 Å². The van der Waals surface area contributed by atoms with Crippen LogP contribution in [0.1, 0.15) is 31.2 Å². The number of amides is 2. The predicted octanol–water partition coefficient (Wildman–Crippen LogP) is 3.98. The number of aryl methyl sites for hydroxylation is 1. The second-order valence-corrected chi connectivity index (χ2v) is 7.91. The van der Waals surface area contributed by atoms with Gasteiger partial charge in [-0.25, -0.2) is 0 Å². The molecular formula is C22H24BrClN2O5. The van der Waals surface area contributed by atoms with E-state index in [9.17, 15) is 14.4 Å². The van der Waals surface area contributed by atoms with E-state index in [1.54, 1.807) is 18.2 Å². The summed E-state index contributed by atoms with van der Waals surface area (Å²) in [5.74, 6) is -0.814. The van der Waals surface area contributed by atoms with E-state index in [1.165, 1.54) is 5.56 Å². The second kappa shape index (κ2) is 13.7. The number of hydrazine groups is 1. The Labute approximate surface area is 194 Å². The molecule has 0 saturated carbocycles. The van der Waals surface area contributed by atoms with E-state index < -0.39 is 11.8 Å². The van der Waals surface area contributed by atoms with Crippen molar-refractivity contribution in [2.75, 3.05) is 13.2 Å². The third-order valence-corrected chi connectivity index (χ3v) is 4.95. The highest BCUT2D eigenvalue weighted by molar-refractivity contribution is 9.10. The van der Waals surface area contributed by atoms with Crippen LogP contribution in [0.2, 0.25) is 5.02 Å². The lowest BCUT2D eigenvalue weighted by molar-refractivity contribution is -0.144. The predicted molar refractivity (Wildman–Crippen MR) is 121 cm³/mol. The molecule has 0 aliphatic carbocycles. The first-order valence-electron chi connectivity index (χ1n) is 9.79. The number of carbonyl (C=O) groups excluding carboxylic acids is 3. The van der Waals surface area contributed by atoms with E-state index in [2.05, 4.69) is 26.8 Å². The number of rotatable bonds is 11. The molecule has 0 radical (unpaired) electrons. The van der Waals surface area contributed by atoms with Gasteiger partial charge >= 0.3 is 5.97 Å². The van der Waals surface area contributed by atoms with Crippen LogP contribution >= 0.6 is 27.5 Å². The summed E-state index contributed by atoms with van der Waals surface area (Å²) >= 11 is 9.12. The number of halogens is 2. The molecule has 2 N–H and O–H groups in total. The average Bonchev–Trinajstić information content (AvgIpc) is 2.75. The van der Waals surface area contributed by atoms with Gasteiger partial charge in [-0.05, 0) is 59.0 Å². The molecule has 7 nitrogen and oxygen atoms in total. The maximum absolute atomic E-state index is 11.8. The van der Waals surface area contributed by atoms with Crippen molar-refractivity contribution in [3.8, 4) is 5.75 Å². The van der Waals surface area contributed by atoms with Crippen LogP contribution in [0.25, 0.3) is 0 Å². The lowest BCUT2D eigenvalue weighted by atomic mass is 10.1.